The zero-order valence-electron chi connectivity index (χ0n) is 19.2. The van der Waals surface area contributed by atoms with E-state index in [1.165, 1.54) is 15.3 Å². The van der Waals surface area contributed by atoms with Crippen molar-refractivity contribution >= 4 is 39.2 Å². The van der Waals surface area contributed by atoms with Gasteiger partial charge in [-0.25, -0.2) is 4.98 Å². The highest BCUT2D eigenvalue weighted by Gasteiger charge is 2.31. The molecule has 0 saturated carbocycles. The number of rotatable bonds is 6. The van der Waals surface area contributed by atoms with Gasteiger partial charge in [0.15, 0.2) is 0 Å². The van der Waals surface area contributed by atoms with Crippen molar-refractivity contribution in [1.29, 1.82) is 0 Å². The van der Waals surface area contributed by atoms with Crippen molar-refractivity contribution in [2.24, 2.45) is 11.3 Å². The number of hydrogen-bond donors (Lipinski definition) is 2. The summed E-state index contributed by atoms with van der Waals surface area (Å²) in [7, 11) is 0. The largest absolute Gasteiger partial charge is 0.352 e. The van der Waals surface area contributed by atoms with Crippen LogP contribution in [0.15, 0.2) is 34.0 Å². The molecule has 32 heavy (non-hydrogen) atoms. The fraction of sp³-hybridized carbons (Fsp3) is 0.480. The fourth-order valence-electron chi connectivity index (χ4n) is 4.35. The maximum Gasteiger partial charge on any atom is 0.259 e. The number of benzene rings is 1. The van der Waals surface area contributed by atoms with Crippen molar-refractivity contribution in [2.75, 3.05) is 6.26 Å². The van der Waals surface area contributed by atoms with Crippen LogP contribution < -0.4 is 10.9 Å². The first-order valence-corrected chi connectivity index (χ1v) is 13.2. The van der Waals surface area contributed by atoms with Gasteiger partial charge in [-0.1, -0.05) is 32.9 Å². The summed E-state index contributed by atoms with van der Waals surface area (Å²) >= 11 is 3.36. The topological polar surface area (TPSA) is 74.8 Å². The Hall–Kier alpha value is -2.12. The number of thioether (sulfide) groups is 1. The third kappa shape index (κ3) is 5.09. The van der Waals surface area contributed by atoms with Crippen molar-refractivity contribution in [3.05, 3.63) is 56.4 Å². The van der Waals surface area contributed by atoms with Crippen molar-refractivity contribution in [1.82, 2.24) is 15.3 Å². The van der Waals surface area contributed by atoms with E-state index in [4.69, 9.17) is 4.98 Å². The van der Waals surface area contributed by atoms with Crippen molar-refractivity contribution in [3.8, 4) is 0 Å². The Balaban J connectivity index is 1.40. The van der Waals surface area contributed by atoms with Gasteiger partial charge in [0.1, 0.15) is 10.7 Å². The van der Waals surface area contributed by atoms with Gasteiger partial charge in [0.2, 0.25) is 5.91 Å². The molecule has 0 unspecified atom stereocenters. The number of H-pyrrole nitrogens is 1. The van der Waals surface area contributed by atoms with Gasteiger partial charge in [0, 0.05) is 29.2 Å². The molecule has 1 aliphatic rings. The molecule has 1 atom stereocenters. The number of aromatic nitrogens is 2. The summed E-state index contributed by atoms with van der Waals surface area (Å²) in [4.78, 5) is 36.1. The van der Waals surface area contributed by atoms with E-state index < -0.39 is 0 Å². The SMILES string of the molecule is CSc1ccc(CNC(=O)CCc2nc3sc4c(c3c(=O)[nH]2)CC[C@H](C(C)(C)C)C4)cc1. The second-order valence-electron chi connectivity index (χ2n) is 9.63. The number of fused-ring (bicyclic) bond motifs is 3. The normalized spacial score (nSPS) is 16.2. The molecule has 1 aliphatic carbocycles. The minimum atomic E-state index is -0.0639. The van der Waals surface area contributed by atoms with Gasteiger partial charge >= 0.3 is 0 Å². The number of thiophene rings is 1. The van der Waals surface area contributed by atoms with Gasteiger partial charge in [0.25, 0.3) is 5.56 Å². The summed E-state index contributed by atoms with van der Waals surface area (Å²) in [5.74, 6) is 1.18. The molecule has 7 heteroatoms. The molecule has 0 fully saturated rings. The average Bonchev–Trinajstić information content (AvgIpc) is 3.14. The van der Waals surface area contributed by atoms with Crippen LogP contribution in [0.2, 0.25) is 0 Å². The predicted octanol–water partition coefficient (Wildman–Crippen LogP) is 5.11. The van der Waals surface area contributed by atoms with Crippen LogP contribution in [0, 0.1) is 11.3 Å². The molecule has 0 bridgehead atoms. The number of carbonyl (C=O) groups excluding carboxylic acids is 1. The van der Waals surface area contributed by atoms with E-state index in [9.17, 15) is 9.59 Å². The Morgan fingerprint density at radius 1 is 1.28 bits per heavy atom. The highest BCUT2D eigenvalue weighted by atomic mass is 32.2. The molecule has 2 aromatic heterocycles. The summed E-state index contributed by atoms with van der Waals surface area (Å²) in [5.41, 5.74) is 2.47. The molecule has 0 aliphatic heterocycles. The zero-order valence-corrected chi connectivity index (χ0v) is 20.8. The van der Waals surface area contributed by atoms with Crippen LogP contribution in [-0.4, -0.2) is 22.1 Å². The molecule has 1 amide bonds. The standard InChI is InChI=1S/C25H31N3O2S2/c1-25(2,3)16-7-10-18-19(13-16)32-24-22(18)23(30)27-20(28-24)11-12-21(29)26-14-15-5-8-17(31-4)9-6-15/h5-6,8-9,16H,7,10-14H2,1-4H3,(H,26,29)(H,27,28,30)/t16-/m0/s1. The first-order chi connectivity index (χ1) is 15.2. The van der Waals surface area contributed by atoms with Crippen LogP contribution in [0.1, 0.15) is 55.4 Å². The second-order valence-corrected chi connectivity index (χ2v) is 11.6. The second kappa shape index (κ2) is 9.40. The Morgan fingerprint density at radius 2 is 2.03 bits per heavy atom. The molecule has 0 radical (unpaired) electrons. The van der Waals surface area contributed by atoms with Crippen molar-refractivity contribution in [2.45, 2.75) is 64.3 Å². The number of carbonyl (C=O) groups is 1. The van der Waals surface area contributed by atoms with E-state index >= 15 is 0 Å². The summed E-state index contributed by atoms with van der Waals surface area (Å²) in [6.45, 7) is 7.39. The minimum absolute atomic E-state index is 0.0415. The monoisotopic (exact) mass is 469 g/mol. The van der Waals surface area contributed by atoms with Gasteiger partial charge < -0.3 is 10.3 Å². The molecular formula is C25H31N3O2S2. The van der Waals surface area contributed by atoms with Gasteiger partial charge in [-0.05, 0) is 60.1 Å². The van der Waals surface area contributed by atoms with Gasteiger partial charge in [-0.3, -0.25) is 9.59 Å². The number of nitrogens with one attached hydrogen (secondary N) is 2. The molecule has 0 saturated heterocycles. The number of nitrogens with zero attached hydrogens (tertiary/aromatic N) is 1. The lowest BCUT2D eigenvalue weighted by molar-refractivity contribution is -0.121. The van der Waals surface area contributed by atoms with E-state index in [0.29, 0.717) is 31.1 Å². The molecule has 170 valence electrons. The average molecular weight is 470 g/mol. The molecule has 3 aromatic rings. The molecule has 1 aromatic carbocycles. The highest BCUT2D eigenvalue weighted by molar-refractivity contribution is 7.98. The summed E-state index contributed by atoms with van der Waals surface area (Å²) in [6, 6.07) is 8.17. The number of aromatic amines is 1. The lowest BCUT2D eigenvalue weighted by Gasteiger charge is -2.33. The number of amides is 1. The van der Waals surface area contributed by atoms with E-state index in [-0.39, 0.29) is 16.9 Å². The molecule has 4 rings (SSSR count). The zero-order chi connectivity index (χ0) is 22.9. The van der Waals surface area contributed by atoms with E-state index in [1.54, 1.807) is 23.1 Å². The third-order valence-electron chi connectivity index (χ3n) is 6.43. The fourth-order valence-corrected chi connectivity index (χ4v) is 6.08. The minimum Gasteiger partial charge on any atom is -0.352 e. The Bertz CT molecular complexity index is 1170. The summed E-state index contributed by atoms with van der Waals surface area (Å²) in [5, 5.41) is 3.72. The van der Waals surface area contributed by atoms with E-state index in [2.05, 4.69) is 43.2 Å². The van der Waals surface area contributed by atoms with Crippen LogP contribution in [-0.2, 0) is 30.6 Å². The van der Waals surface area contributed by atoms with Crippen LogP contribution in [0.25, 0.3) is 10.2 Å². The van der Waals surface area contributed by atoms with E-state index in [0.717, 1.165) is 35.0 Å². The molecule has 0 spiro atoms. The van der Waals surface area contributed by atoms with E-state index in [1.807, 2.05) is 18.4 Å². The van der Waals surface area contributed by atoms with Gasteiger partial charge in [-0.2, -0.15) is 0 Å². The van der Waals surface area contributed by atoms with Crippen LogP contribution in [0.3, 0.4) is 0 Å². The highest BCUT2D eigenvalue weighted by Crippen LogP contribution is 2.41. The number of aryl methyl sites for hydroxylation is 2. The molecular weight excluding hydrogens is 438 g/mol. The molecule has 2 heterocycles. The Labute approximate surface area is 197 Å². The first kappa shape index (κ1) is 23.1. The quantitative estimate of drug-likeness (QED) is 0.492. The first-order valence-electron chi connectivity index (χ1n) is 11.2. The third-order valence-corrected chi connectivity index (χ3v) is 8.32. The van der Waals surface area contributed by atoms with Gasteiger partial charge in [0.05, 0.1) is 5.39 Å². The summed E-state index contributed by atoms with van der Waals surface area (Å²) < 4.78 is 0. The predicted molar refractivity (Wildman–Crippen MR) is 134 cm³/mol. The maximum atomic E-state index is 12.8. The molecule has 2 N–H and O–H groups in total. The smallest absolute Gasteiger partial charge is 0.259 e. The van der Waals surface area contributed by atoms with Crippen molar-refractivity contribution in [3.63, 3.8) is 0 Å². The van der Waals surface area contributed by atoms with Crippen LogP contribution in [0.5, 0.6) is 0 Å². The number of hydrogen-bond acceptors (Lipinski definition) is 5. The Morgan fingerprint density at radius 3 is 2.72 bits per heavy atom. The van der Waals surface area contributed by atoms with Crippen LogP contribution >= 0.6 is 23.1 Å². The van der Waals surface area contributed by atoms with Gasteiger partial charge in [-0.15, -0.1) is 23.1 Å². The van der Waals surface area contributed by atoms with Crippen LogP contribution in [0.4, 0.5) is 0 Å². The Kier molecular flexibility index (Phi) is 6.77. The maximum absolute atomic E-state index is 12.8. The lowest BCUT2D eigenvalue weighted by atomic mass is 9.72. The summed E-state index contributed by atoms with van der Waals surface area (Å²) in [6.07, 6.45) is 5.85. The lowest BCUT2D eigenvalue weighted by Crippen LogP contribution is -2.26. The molecule has 5 nitrogen and oxygen atoms in total. The van der Waals surface area contributed by atoms with Crippen molar-refractivity contribution < 1.29 is 4.79 Å².